The molecule has 2 heterocycles. The minimum absolute atomic E-state index is 0.0647. The maximum Gasteiger partial charge on any atom is 0.232 e. The number of anilines is 1. The quantitative estimate of drug-likeness (QED) is 0.372. The fourth-order valence-corrected chi connectivity index (χ4v) is 3.51. The summed E-state index contributed by atoms with van der Waals surface area (Å²) in [6, 6.07) is 18.0. The molecule has 1 N–H and O–H groups in total. The van der Waals surface area contributed by atoms with Crippen LogP contribution in [0.25, 0.3) is 33.6 Å². The molecule has 1 unspecified atom stereocenters. The topological polar surface area (TPSA) is 69.4 Å². The van der Waals surface area contributed by atoms with Crippen molar-refractivity contribution in [1.29, 1.82) is 0 Å². The number of benzene rings is 2. The first kappa shape index (κ1) is 20.9. The van der Waals surface area contributed by atoms with E-state index in [1.807, 2.05) is 54.6 Å². The zero-order valence-corrected chi connectivity index (χ0v) is 18.1. The van der Waals surface area contributed by atoms with Gasteiger partial charge in [-0.2, -0.15) is 0 Å². The second kappa shape index (κ2) is 9.62. The lowest BCUT2D eigenvalue weighted by atomic mass is 9.99. The van der Waals surface area contributed by atoms with Crippen molar-refractivity contribution in [2.24, 2.45) is 0 Å². The molecule has 2 aromatic heterocycles. The molecule has 6 heteroatoms. The molecule has 0 aliphatic rings. The summed E-state index contributed by atoms with van der Waals surface area (Å²) in [7, 11) is 1.66. The average molecular weight is 418 g/mol. The summed E-state index contributed by atoms with van der Waals surface area (Å²) in [6.07, 6.45) is 2.58. The van der Waals surface area contributed by atoms with Gasteiger partial charge in [-0.05, 0) is 31.0 Å². The van der Waals surface area contributed by atoms with Crippen molar-refractivity contribution in [3.63, 3.8) is 0 Å². The molecule has 0 fully saturated rings. The maximum absolute atomic E-state index is 6.25. The standard InChI is InChI=1S/C25H27N3O3/c1-4-14-30-17(2)15-26-24-22-21(18-10-12-20(29-3)13-11-18)23(19-8-6-5-7-9-19)31-25(22)28-16-27-24/h5-13,16-17H,4,14-15H2,1-3H3,(H,26,27,28). The highest BCUT2D eigenvalue weighted by atomic mass is 16.5. The first-order valence-electron chi connectivity index (χ1n) is 10.5. The number of fused-ring (bicyclic) bond motifs is 1. The highest BCUT2D eigenvalue weighted by Crippen LogP contribution is 2.42. The van der Waals surface area contributed by atoms with Crippen molar-refractivity contribution in [2.75, 3.05) is 25.6 Å². The van der Waals surface area contributed by atoms with Crippen molar-refractivity contribution in [3.05, 3.63) is 60.9 Å². The van der Waals surface area contributed by atoms with Crippen LogP contribution in [0.3, 0.4) is 0 Å². The summed E-state index contributed by atoms with van der Waals surface area (Å²) in [5.74, 6) is 2.29. The lowest BCUT2D eigenvalue weighted by molar-refractivity contribution is 0.0752. The smallest absolute Gasteiger partial charge is 0.232 e. The summed E-state index contributed by atoms with van der Waals surface area (Å²) >= 11 is 0. The van der Waals surface area contributed by atoms with Crippen LogP contribution >= 0.6 is 0 Å². The number of nitrogens with one attached hydrogen (secondary N) is 1. The molecule has 4 rings (SSSR count). The molecule has 160 valence electrons. The van der Waals surface area contributed by atoms with E-state index >= 15 is 0 Å². The molecule has 0 saturated heterocycles. The lowest BCUT2D eigenvalue weighted by Gasteiger charge is -2.14. The van der Waals surface area contributed by atoms with E-state index in [4.69, 9.17) is 13.9 Å². The molecule has 0 aliphatic heterocycles. The summed E-state index contributed by atoms with van der Waals surface area (Å²) in [6.45, 7) is 5.53. The van der Waals surface area contributed by atoms with Crippen molar-refractivity contribution < 1.29 is 13.9 Å². The molecule has 1 atom stereocenters. The third kappa shape index (κ3) is 4.54. The molecular weight excluding hydrogens is 390 g/mol. The summed E-state index contributed by atoms with van der Waals surface area (Å²) in [5, 5.41) is 4.29. The second-order valence-electron chi connectivity index (χ2n) is 7.37. The minimum Gasteiger partial charge on any atom is -0.497 e. The van der Waals surface area contributed by atoms with Gasteiger partial charge in [-0.1, -0.05) is 49.4 Å². The van der Waals surface area contributed by atoms with E-state index in [1.165, 1.54) is 6.33 Å². The Bertz CT molecular complexity index is 1120. The van der Waals surface area contributed by atoms with Gasteiger partial charge in [-0.3, -0.25) is 0 Å². The highest BCUT2D eigenvalue weighted by molar-refractivity contribution is 6.05. The zero-order valence-electron chi connectivity index (χ0n) is 18.1. The van der Waals surface area contributed by atoms with Crippen LogP contribution in [0, 0.1) is 0 Å². The van der Waals surface area contributed by atoms with Gasteiger partial charge in [-0.25, -0.2) is 9.97 Å². The Balaban J connectivity index is 1.82. The number of hydrogen-bond donors (Lipinski definition) is 1. The van der Waals surface area contributed by atoms with Crippen LogP contribution in [0.1, 0.15) is 20.3 Å². The molecular formula is C25H27N3O3. The van der Waals surface area contributed by atoms with E-state index in [9.17, 15) is 0 Å². The van der Waals surface area contributed by atoms with Crippen molar-refractivity contribution >= 4 is 16.9 Å². The zero-order chi connectivity index (χ0) is 21.6. The lowest BCUT2D eigenvalue weighted by Crippen LogP contribution is -2.20. The van der Waals surface area contributed by atoms with Gasteiger partial charge in [0.2, 0.25) is 5.71 Å². The number of furan rings is 1. The fourth-order valence-electron chi connectivity index (χ4n) is 3.51. The minimum atomic E-state index is 0.0647. The number of methoxy groups -OCH3 is 1. The van der Waals surface area contributed by atoms with Crippen LogP contribution in [0.15, 0.2) is 65.3 Å². The largest absolute Gasteiger partial charge is 0.497 e. The van der Waals surface area contributed by atoms with Crippen molar-refractivity contribution in [3.8, 4) is 28.2 Å². The molecule has 0 amide bonds. The monoisotopic (exact) mass is 417 g/mol. The Morgan fingerprint density at radius 3 is 2.48 bits per heavy atom. The number of nitrogens with zero attached hydrogens (tertiary/aromatic N) is 2. The summed E-state index contributed by atoms with van der Waals surface area (Å²) < 4.78 is 17.4. The first-order valence-corrected chi connectivity index (χ1v) is 10.5. The van der Waals surface area contributed by atoms with Gasteiger partial charge in [0.25, 0.3) is 0 Å². The number of rotatable bonds is 9. The van der Waals surface area contributed by atoms with Crippen LogP contribution in [0.4, 0.5) is 5.82 Å². The molecule has 0 spiro atoms. The van der Waals surface area contributed by atoms with E-state index in [1.54, 1.807) is 7.11 Å². The van der Waals surface area contributed by atoms with E-state index in [-0.39, 0.29) is 6.10 Å². The fraction of sp³-hybridized carbons (Fsp3) is 0.280. The Hall–Kier alpha value is -3.38. The predicted molar refractivity (Wildman–Crippen MR) is 123 cm³/mol. The van der Waals surface area contributed by atoms with Gasteiger partial charge in [0.05, 0.1) is 18.6 Å². The van der Waals surface area contributed by atoms with E-state index in [0.717, 1.165) is 52.4 Å². The highest BCUT2D eigenvalue weighted by Gasteiger charge is 2.22. The third-order valence-electron chi connectivity index (χ3n) is 5.07. The molecule has 0 saturated carbocycles. The van der Waals surface area contributed by atoms with Crippen molar-refractivity contribution in [2.45, 2.75) is 26.4 Å². The molecule has 0 radical (unpaired) electrons. The van der Waals surface area contributed by atoms with Crippen LogP contribution in [0.5, 0.6) is 5.75 Å². The van der Waals surface area contributed by atoms with Crippen LogP contribution in [0.2, 0.25) is 0 Å². The molecule has 6 nitrogen and oxygen atoms in total. The molecule has 2 aromatic carbocycles. The van der Waals surface area contributed by atoms with Gasteiger partial charge in [0, 0.05) is 24.3 Å². The van der Waals surface area contributed by atoms with Crippen molar-refractivity contribution in [1.82, 2.24) is 9.97 Å². The van der Waals surface area contributed by atoms with Crippen LogP contribution in [-0.2, 0) is 4.74 Å². The number of hydrogen-bond acceptors (Lipinski definition) is 6. The Kier molecular flexibility index (Phi) is 6.48. The number of aromatic nitrogens is 2. The summed E-state index contributed by atoms with van der Waals surface area (Å²) in [4.78, 5) is 8.93. The normalized spacial score (nSPS) is 12.1. The SMILES string of the molecule is CCCOC(C)CNc1ncnc2oc(-c3ccccc3)c(-c3ccc(OC)cc3)c12. The molecule has 31 heavy (non-hydrogen) atoms. The van der Waals surface area contributed by atoms with E-state index in [0.29, 0.717) is 12.3 Å². The van der Waals surface area contributed by atoms with E-state index < -0.39 is 0 Å². The van der Waals surface area contributed by atoms with Crippen LogP contribution < -0.4 is 10.1 Å². The van der Waals surface area contributed by atoms with Gasteiger partial charge in [0.15, 0.2) is 0 Å². The van der Waals surface area contributed by atoms with E-state index in [2.05, 4.69) is 29.1 Å². The average Bonchev–Trinajstić information content (AvgIpc) is 3.22. The maximum atomic E-state index is 6.25. The Labute approximate surface area is 182 Å². The second-order valence-corrected chi connectivity index (χ2v) is 7.37. The third-order valence-corrected chi connectivity index (χ3v) is 5.07. The van der Waals surface area contributed by atoms with Gasteiger partial charge >= 0.3 is 0 Å². The summed E-state index contributed by atoms with van der Waals surface area (Å²) in [5.41, 5.74) is 3.49. The Morgan fingerprint density at radius 1 is 1.00 bits per heavy atom. The molecule has 4 aromatic rings. The van der Waals surface area contributed by atoms with Gasteiger partial charge in [-0.15, -0.1) is 0 Å². The predicted octanol–water partition coefficient (Wildman–Crippen LogP) is 5.79. The van der Waals surface area contributed by atoms with Gasteiger partial charge < -0.3 is 19.2 Å². The Morgan fingerprint density at radius 2 is 1.77 bits per heavy atom. The first-order chi connectivity index (χ1) is 15.2. The van der Waals surface area contributed by atoms with Gasteiger partial charge in [0.1, 0.15) is 23.7 Å². The van der Waals surface area contributed by atoms with Crippen LogP contribution in [-0.4, -0.2) is 36.3 Å². The molecule has 0 aliphatic carbocycles. The number of ether oxygens (including phenoxy) is 2. The molecule has 0 bridgehead atoms.